The Morgan fingerprint density at radius 1 is 1.43 bits per heavy atom. The minimum Gasteiger partial charge on any atom is -0.446 e. The van der Waals surface area contributed by atoms with E-state index < -0.39 is 5.60 Å². The summed E-state index contributed by atoms with van der Waals surface area (Å²) in [5.74, 6) is 0.482. The van der Waals surface area contributed by atoms with Crippen LogP contribution in [0.3, 0.4) is 0 Å². The van der Waals surface area contributed by atoms with Crippen LogP contribution in [0.2, 0.25) is 0 Å². The number of fused-ring (bicyclic) bond motifs is 2. The fourth-order valence-corrected chi connectivity index (χ4v) is 2.75. The van der Waals surface area contributed by atoms with Crippen LogP contribution in [-0.2, 0) is 5.60 Å². The second-order valence-corrected chi connectivity index (χ2v) is 4.41. The Morgan fingerprint density at radius 3 is 2.71 bits per heavy atom. The Morgan fingerprint density at radius 2 is 2.14 bits per heavy atom. The maximum absolute atomic E-state index is 10.4. The van der Waals surface area contributed by atoms with E-state index in [1.807, 2.05) is 0 Å². The first kappa shape index (κ1) is 8.44. The van der Waals surface area contributed by atoms with Crippen molar-refractivity contribution in [2.24, 2.45) is 0 Å². The summed E-state index contributed by atoms with van der Waals surface area (Å²) in [5.41, 5.74) is -0.833. The van der Waals surface area contributed by atoms with Crippen molar-refractivity contribution in [3.8, 4) is 0 Å². The highest BCUT2D eigenvalue weighted by Gasteiger charge is 2.46. The van der Waals surface area contributed by atoms with Crippen LogP contribution >= 0.6 is 0 Å². The van der Waals surface area contributed by atoms with Gasteiger partial charge in [0, 0.05) is 24.9 Å². The molecule has 2 atom stereocenters. The second kappa shape index (κ2) is 2.81. The first-order valence-electron chi connectivity index (χ1n) is 5.15. The number of hydrogen-bond donors (Lipinski definition) is 2. The molecule has 0 radical (unpaired) electrons. The summed E-state index contributed by atoms with van der Waals surface area (Å²) in [5, 5.41) is 13.9. The van der Waals surface area contributed by atoms with Gasteiger partial charge in [0.05, 0.1) is 6.20 Å². The van der Waals surface area contributed by atoms with Gasteiger partial charge in [0.15, 0.2) is 0 Å². The number of oxazole rings is 1. The van der Waals surface area contributed by atoms with Gasteiger partial charge in [-0.15, -0.1) is 0 Å². The van der Waals surface area contributed by atoms with Crippen molar-refractivity contribution in [1.82, 2.24) is 10.3 Å². The van der Waals surface area contributed by atoms with E-state index >= 15 is 0 Å². The summed E-state index contributed by atoms with van der Waals surface area (Å²) >= 11 is 0. The molecule has 4 heteroatoms. The molecule has 0 aliphatic carbocycles. The minimum absolute atomic E-state index is 0.436. The fourth-order valence-electron chi connectivity index (χ4n) is 2.75. The Kier molecular flexibility index (Phi) is 1.69. The van der Waals surface area contributed by atoms with Crippen molar-refractivity contribution in [1.29, 1.82) is 0 Å². The van der Waals surface area contributed by atoms with Gasteiger partial charge in [-0.3, -0.25) is 0 Å². The van der Waals surface area contributed by atoms with Crippen molar-refractivity contribution in [3.05, 3.63) is 18.4 Å². The van der Waals surface area contributed by atoms with Crippen molar-refractivity contribution >= 4 is 0 Å². The number of nitrogens with one attached hydrogen (secondary N) is 1. The molecule has 3 heterocycles. The Balaban J connectivity index is 1.90. The highest BCUT2D eigenvalue weighted by Crippen LogP contribution is 2.39. The molecule has 2 bridgehead atoms. The lowest BCUT2D eigenvalue weighted by atomic mass is 9.87. The largest absolute Gasteiger partial charge is 0.446 e. The molecule has 2 saturated heterocycles. The quantitative estimate of drug-likeness (QED) is 0.693. The molecule has 0 aromatic carbocycles. The molecule has 1 aromatic rings. The van der Waals surface area contributed by atoms with E-state index in [0.717, 1.165) is 25.7 Å². The maximum atomic E-state index is 10.4. The molecule has 2 N–H and O–H groups in total. The van der Waals surface area contributed by atoms with Gasteiger partial charge in [0.25, 0.3) is 0 Å². The van der Waals surface area contributed by atoms with Crippen LogP contribution in [0.5, 0.6) is 0 Å². The van der Waals surface area contributed by atoms with Gasteiger partial charge < -0.3 is 14.8 Å². The van der Waals surface area contributed by atoms with E-state index in [9.17, 15) is 5.11 Å². The summed E-state index contributed by atoms with van der Waals surface area (Å²) in [6.07, 6.45) is 6.89. The molecule has 2 aliphatic rings. The smallest absolute Gasteiger partial charge is 0.226 e. The zero-order valence-electron chi connectivity index (χ0n) is 7.94. The molecule has 0 saturated carbocycles. The predicted octanol–water partition coefficient (Wildman–Crippen LogP) is 0.777. The molecule has 14 heavy (non-hydrogen) atoms. The lowest BCUT2D eigenvalue weighted by Crippen LogP contribution is -2.46. The fraction of sp³-hybridized carbons (Fsp3) is 0.700. The zero-order valence-corrected chi connectivity index (χ0v) is 7.94. The standard InChI is InChI=1S/C10H14N2O2/c13-10(9-11-3-4-14-9)5-7-1-2-8(6-10)12-7/h3-4,7-8,12-13H,1-2,5-6H2. The van der Waals surface area contributed by atoms with Crippen LogP contribution < -0.4 is 5.32 Å². The average molecular weight is 194 g/mol. The number of aliphatic hydroxyl groups is 1. The van der Waals surface area contributed by atoms with Crippen molar-refractivity contribution in [3.63, 3.8) is 0 Å². The van der Waals surface area contributed by atoms with Crippen LogP contribution in [-0.4, -0.2) is 22.2 Å². The third-order valence-electron chi connectivity index (χ3n) is 3.33. The third kappa shape index (κ3) is 1.18. The predicted molar refractivity (Wildman–Crippen MR) is 49.6 cm³/mol. The SMILES string of the molecule is OC1(c2ncco2)CC2CCC(C1)N2. The molecule has 1 aromatic heterocycles. The van der Waals surface area contributed by atoms with E-state index in [4.69, 9.17) is 4.42 Å². The summed E-state index contributed by atoms with van der Waals surface area (Å²) < 4.78 is 5.21. The van der Waals surface area contributed by atoms with E-state index in [1.54, 1.807) is 6.20 Å². The van der Waals surface area contributed by atoms with E-state index in [1.165, 1.54) is 6.26 Å². The molecule has 4 nitrogen and oxygen atoms in total. The van der Waals surface area contributed by atoms with Gasteiger partial charge in [0.2, 0.25) is 5.89 Å². The van der Waals surface area contributed by atoms with Gasteiger partial charge in [-0.05, 0) is 12.8 Å². The molecule has 2 fully saturated rings. The number of rotatable bonds is 1. The lowest BCUT2D eigenvalue weighted by Gasteiger charge is -2.34. The van der Waals surface area contributed by atoms with Crippen molar-refractivity contribution in [2.45, 2.75) is 43.4 Å². The van der Waals surface area contributed by atoms with Crippen LogP contribution in [0, 0.1) is 0 Å². The number of piperidine rings is 1. The topological polar surface area (TPSA) is 58.3 Å². The van der Waals surface area contributed by atoms with Gasteiger partial charge in [-0.1, -0.05) is 0 Å². The van der Waals surface area contributed by atoms with Crippen molar-refractivity contribution < 1.29 is 9.52 Å². The zero-order chi connectivity index (χ0) is 9.60. The summed E-state index contributed by atoms with van der Waals surface area (Å²) in [7, 11) is 0. The Bertz CT molecular complexity index is 311. The second-order valence-electron chi connectivity index (χ2n) is 4.41. The molecular weight excluding hydrogens is 180 g/mol. The van der Waals surface area contributed by atoms with Gasteiger partial charge >= 0.3 is 0 Å². The molecule has 2 aliphatic heterocycles. The number of nitrogens with zero attached hydrogens (tertiary/aromatic N) is 1. The molecule has 0 amide bonds. The molecule has 0 spiro atoms. The first-order chi connectivity index (χ1) is 6.76. The van der Waals surface area contributed by atoms with Crippen LogP contribution in [0.4, 0.5) is 0 Å². The molecule has 76 valence electrons. The Labute approximate surface area is 82.3 Å². The lowest BCUT2D eigenvalue weighted by molar-refractivity contribution is -0.0342. The van der Waals surface area contributed by atoms with Crippen LogP contribution in [0.25, 0.3) is 0 Å². The van der Waals surface area contributed by atoms with E-state index in [2.05, 4.69) is 10.3 Å². The van der Waals surface area contributed by atoms with Crippen LogP contribution in [0.1, 0.15) is 31.6 Å². The molecule has 2 unspecified atom stereocenters. The Hall–Kier alpha value is -0.870. The van der Waals surface area contributed by atoms with E-state index in [-0.39, 0.29) is 0 Å². The van der Waals surface area contributed by atoms with Gasteiger partial charge in [-0.2, -0.15) is 0 Å². The van der Waals surface area contributed by atoms with Gasteiger partial charge in [0.1, 0.15) is 11.9 Å². The molecular formula is C10H14N2O2. The minimum atomic E-state index is -0.833. The van der Waals surface area contributed by atoms with Crippen LogP contribution in [0.15, 0.2) is 16.9 Å². The first-order valence-corrected chi connectivity index (χ1v) is 5.15. The normalized spacial score (nSPS) is 41.5. The molecule has 3 rings (SSSR count). The maximum Gasteiger partial charge on any atom is 0.226 e. The highest BCUT2D eigenvalue weighted by molar-refractivity contribution is 5.07. The number of hydrogen-bond acceptors (Lipinski definition) is 4. The summed E-state index contributed by atoms with van der Waals surface area (Å²) in [6.45, 7) is 0. The van der Waals surface area contributed by atoms with Crippen molar-refractivity contribution in [2.75, 3.05) is 0 Å². The van der Waals surface area contributed by atoms with E-state index in [0.29, 0.717) is 18.0 Å². The summed E-state index contributed by atoms with van der Waals surface area (Å²) in [6, 6.07) is 0.872. The third-order valence-corrected chi connectivity index (χ3v) is 3.33. The van der Waals surface area contributed by atoms with Gasteiger partial charge in [-0.25, -0.2) is 4.98 Å². The average Bonchev–Trinajstić information content (AvgIpc) is 2.75. The number of aromatic nitrogens is 1. The summed E-state index contributed by atoms with van der Waals surface area (Å²) in [4.78, 5) is 4.06. The highest BCUT2D eigenvalue weighted by atomic mass is 16.4. The monoisotopic (exact) mass is 194 g/mol.